The van der Waals surface area contributed by atoms with Crippen molar-refractivity contribution in [2.75, 3.05) is 5.32 Å². The molecule has 0 aliphatic rings. The highest BCUT2D eigenvalue weighted by Crippen LogP contribution is 2.25. The summed E-state index contributed by atoms with van der Waals surface area (Å²) in [6.07, 6.45) is 2.04. The molecule has 26 heavy (non-hydrogen) atoms. The number of hydrogen-bond acceptors (Lipinski definition) is 1. The molecule has 0 spiro atoms. The molecule has 0 aliphatic heterocycles. The van der Waals surface area contributed by atoms with Crippen LogP contribution in [0.5, 0.6) is 0 Å². The van der Waals surface area contributed by atoms with Crippen molar-refractivity contribution in [1.82, 2.24) is 0 Å². The van der Waals surface area contributed by atoms with Gasteiger partial charge in [0, 0.05) is 5.69 Å². The highest BCUT2D eigenvalue weighted by molar-refractivity contribution is 5.95. The lowest BCUT2D eigenvalue weighted by Crippen LogP contribution is -2.19. The highest BCUT2D eigenvalue weighted by atomic mass is 16.1. The molecule has 0 bridgehead atoms. The van der Waals surface area contributed by atoms with Crippen LogP contribution in [0, 0.1) is 12.8 Å². The van der Waals surface area contributed by atoms with Crippen molar-refractivity contribution < 1.29 is 4.79 Å². The summed E-state index contributed by atoms with van der Waals surface area (Å²) in [6, 6.07) is 28.2. The van der Waals surface area contributed by atoms with E-state index in [9.17, 15) is 4.79 Å². The maximum absolute atomic E-state index is 12.6. The minimum absolute atomic E-state index is 0.0155. The summed E-state index contributed by atoms with van der Waals surface area (Å²) >= 11 is 0. The van der Waals surface area contributed by atoms with Gasteiger partial charge in [-0.25, -0.2) is 0 Å². The van der Waals surface area contributed by atoms with Gasteiger partial charge in [-0.05, 0) is 35.8 Å². The zero-order valence-corrected chi connectivity index (χ0v) is 15.1. The maximum atomic E-state index is 12.6. The van der Waals surface area contributed by atoms with Gasteiger partial charge in [-0.3, -0.25) is 4.79 Å². The number of aryl methyl sites for hydroxylation is 1. The van der Waals surface area contributed by atoms with Crippen molar-refractivity contribution in [2.45, 2.75) is 13.8 Å². The maximum Gasteiger partial charge on any atom is 0.231 e. The molecule has 0 aromatic heterocycles. The predicted molar refractivity (Wildman–Crippen MR) is 109 cm³/mol. The van der Waals surface area contributed by atoms with Crippen molar-refractivity contribution in [2.24, 2.45) is 5.92 Å². The molecule has 0 saturated carbocycles. The summed E-state index contributed by atoms with van der Waals surface area (Å²) in [4.78, 5) is 12.6. The minimum Gasteiger partial charge on any atom is -0.326 e. The van der Waals surface area contributed by atoms with E-state index in [2.05, 4.69) is 29.6 Å². The summed E-state index contributed by atoms with van der Waals surface area (Å²) < 4.78 is 0. The Morgan fingerprint density at radius 3 is 1.81 bits per heavy atom. The molecule has 130 valence electrons. The van der Waals surface area contributed by atoms with Crippen molar-refractivity contribution in [3.8, 4) is 0 Å². The standard InChI is InChI=1S/C24H23NO/c1-18-13-15-22(16-14-18)25-24(26)19(2)17-23(20-9-5-3-6-10-20)21-11-7-4-8-12-21/h3-17,19H,1-2H3,(H,25,26). The van der Waals surface area contributed by atoms with Crippen LogP contribution in [0.4, 0.5) is 5.69 Å². The smallest absolute Gasteiger partial charge is 0.231 e. The van der Waals surface area contributed by atoms with Gasteiger partial charge in [0.2, 0.25) is 5.91 Å². The molecule has 3 aromatic rings. The Balaban J connectivity index is 1.87. The second kappa shape index (κ2) is 8.30. The second-order valence-corrected chi connectivity index (χ2v) is 6.46. The van der Waals surface area contributed by atoms with Gasteiger partial charge in [0.1, 0.15) is 0 Å². The van der Waals surface area contributed by atoms with E-state index in [0.717, 1.165) is 22.4 Å². The molecule has 3 rings (SSSR count). The van der Waals surface area contributed by atoms with Crippen LogP contribution in [-0.2, 0) is 4.79 Å². The SMILES string of the molecule is Cc1ccc(NC(=O)C(C)C=C(c2ccccc2)c2ccccc2)cc1. The van der Waals surface area contributed by atoms with Crippen LogP contribution in [-0.4, -0.2) is 5.91 Å². The number of rotatable bonds is 5. The van der Waals surface area contributed by atoms with Crippen molar-refractivity contribution in [3.63, 3.8) is 0 Å². The van der Waals surface area contributed by atoms with Crippen molar-refractivity contribution in [1.29, 1.82) is 0 Å². The van der Waals surface area contributed by atoms with Gasteiger partial charge >= 0.3 is 0 Å². The van der Waals surface area contributed by atoms with Crippen LogP contribution in [0.2, 0.25) is 0 Å². The third-order valence-electron chi connectivity index (χ3n) is 4.32. The van der Waals surface area contributed by atoms with E-state index in [-0.39, 0.29) is 11.8 Å². The van der Waals surface area contributed by atoms with E-state index in [1.165, 1.54) is 5.56 Å². The number of amides is 1. The van der Waals surface area contributed by atoms with E-state index in [0.29, 0.717) is 0 Å². The van der Waals surface area contributed by atoms with Crippen LogP contribution >= 0.6 is 0 Å². The van der Waals surface area contributed by atoms with Crippen molar-refractivity contribution >= 4 is 17.2 Å². The van der Waals surface area contributed by atoms with Crippen LogP contribution < -0.4 is 5.32 Å². The fraction of sp³-hybridized carbons (Fsp3) is 0.125. The number of anilines is 1. The molecule has 2 nitrogen and oxygen atoms in total. The van der Waals surface area contributed by atoms with Crippen LogP contribution in [0.25, 0.3) is 5.57 Å². The first-order valence-corrected chi connectivity index (χ1v) is 8.83. The average molecular weight is 341 g/mol. The first-order valence-electron chi connectivity index (χ1n) is 8.83. The Hall–Kier alpha value is -3.13. The lowest BCUT2D eigenvalue weighted by Gasteiger charge is -2.13. The molecule has 1 atom stereocenters. The summed E-state index contributed by atoms with van der Waals surface area (Å²) in [5.74, 6) is -0.273. The zero-order chi connectivity index (χ0) is 18.4. The summed E-state index contributed by atoms with van der Waals surface area (Å²) in [5, 5.41) is 2.99. The topological polar surface area (TPSA) is 29.1 Å². The minimum atomic E-state index is -0.258. The van der Waals surface area contributed by atoms with Crippen LogP contribution in [0.3, 0.4) is 0 Å². The molecule has 1 unspecified atom stereocenters. The fourth-order valence-corrected chi connectivity index (χ4v) is 2.81. The number of carbonyl (C=O) groups is 1. The number of nitrogens with one attached hydrogen (secondary N) is 1. The number of hydrogen-bond donors (Lipinski definition) is 1. The van der Waals surface area contributed by atoms with Crippen LogP contribution in [0.15, 0.2) is 91.0 Å². The molecule has 3 aromatic carbocycles. The first-order chi connectivity index (χ1) is 12.6. The average Bonchev–Trinajstić information content (AvgIpc) is 2.69. The third kappa shape index (κ3) is 4.48. The molecule has 0 saturated heterocycles. The molecule has 1 N–H and O–H groups in total. The van der Waals surface area contributed by atoms with E-state index >= 15 is 0 Å². The Labute approximate surface area is 155 Å². The Morgan fingerprint density at radius 2 is 1.31 bits per heavy atom. The zero-order valence-electron chi connectivity index (χ0n) is 15.1. The summed E-state index contributed by atoms with van der Waals surface area (Å²) in [6.45, 7) is 3.96. The Morgan fingerprint density at radius 1 is 0.808 bits per heavy atom. The van der Waals surface area contributed by atoms with Gasteiger partial charge in [-0.1, -0.05) is 91.4 Å². The number of benzene rings is 3. The van der Waals surface area contributed by atoms with E-state index in [1.54, 1.807) is 0 Å². The molecule has 2 heteroatoms. The molecule has 1 amide bonds. The molecular formula is C24H23NO. The van der Waals surface area contributed by atoms with Gasteiger partial charge in [0.25, 0.3) is 0 Å². The van der Waals surface area contributed by atoms with Gasteiger partial charge in [-0.15, -0.1) is 0 Å². The molecule has 0 aliphatic carbocycles. The van der Waals surface area contributed by atoms with E-state index in [4.69, 9.17) is 0 Å². The van der Waals surface area contributed by atoms with Gasteiger partial charge in [-0.2, -0.15) is 0 Å². The number of carbonyl (C=O) groups excluding carboxylic acids is 1. The highest BCUT2D eigenvalue weighted by Gasteiger charge is 2.14. The van der Waals surface area contributed by atoms with Gasteiger partial charge in [0.15, 0.2) is 0 Å². The fourth-order valence-electron chi connectivity index (χ4n) is 2.81. The van der Waals surface area contributed by atoms with E-state index in [1.807, 2.05) is 80.6 Å². The Bertz CT molecular complexity index is 839. The molecule has 0 heterocycles. The van der Waals surface area contributed by atoms with Gasteiger partial charge < -0.3 is 5.32 Å². The molecule has 0 radical (unpaired) electrons. The van der Waals surface area contributed by atoms with Crippen molar-refractivity contribution in [3.05, 3.63) is 108 Å². The molecular weight excluding hydrogens is 318 g/mol. The normalized spacial score (nSPS) is 11.5. The second-order valence-electron chi connectivity index (χ2n) is 6.46. The van der Waals surface area contributed by atoms with Gasteiger partial charge in [0.05, 0.1) is 5.92 Å². The predicted octanol–water partition coefficient (Wildman–Crippen LogP) is 5.70. The summed E-state index contributed by atoms with van der Waals surface area (Å²) in [5.41, 5.74) is 5.27. The lowest BCUT2D eigenvalue weighted by molar-refractivity contribution is -0.118. The van der Waals surface area contributed by atoms with Crippen LogP contribution in [0.1, 0.15) is 23.6 Å². The third-order valence-corrected chi connectivity index (χ3v) is 4.32. The first kappa shape index (κ1) is 17.7. The largest absolute Gasteiger partial charge is 0.326 e. The quantitative estimate of drug-likeness (QED) is 0.633. The lowest BCUT2D eigenvalue weighted by atomic mass is 9.94. The summed E-state index contributed by atoms with van der Waals surface area (Å²) in [7, 11) is 0. The monoisotopic (exact) mass is 341 g/mol. The molecule has 0 fully saturated rings. The Kier molecular flexibility index (Phi) is 5.65. The van der Waals surface area contributed by atoms with E-state index < -0.39 is 0 Å².